The molecule has 0 radical (unpaired) electrons. The monoisotopic (exact) mass is 367 g/mol. The zero-order chi connectivity index (χ0) is 19.6. The third-order valence-electron chi connectivity index (χ3n) is 4.45. The molecular weight excluding hydrogens is 338 g/mol. The van der Waals surface area contributed by atoms with Gasteiger partial charge in [-0.25, -0.2) is 9.48 Å². The van der Waals surface area contributed by atoms with Crippen LogP contribution in [0, 0.1) is 0 Å². The molecule has 2 rings (SSSR count). The lowest BCUT2D eigenvalue weighted by Gasteiger charge is -2.05. The van der Waals surface area contributed by atoms with Gasteiger partial charge < -0.3 is 4.74 Å². The van der Waals surface area contributed by atoms with Crippen LogP contribution < -0.4 is 10.4 Å². The second kappa shape index (κ2) is 10.4. The van der Waals surface area contributed by atoms with Gasteiger partial charge in [0.25, 0.3) is 0 Å². The molecule has 5 nitrogen and oxygen atoms in total. The minimum Gasteiger partial charge on any atom is -0.497 e. The zero-order valence-corrected chi connectivity index (χ0v) is 16.4. The van der Waals surface area contributed by atoms with Gasteiger partial charge in [-0.15, -0.1) is 0 Å². The normalized spacial score (nSPS) is 11.4. The molecule has 27 heavy (non-hydrogen) atoms. The van der Waals surface area contributed by atoms with E-state index in [1.165, 1.54) is 5.56 Å². The van der Waals surface area contributed by atoms with Crippen LogP contribution in [0.2, 0.25) is 0 Å². The number of aromatic nitrogens is 3. The van der Waals surface area contributed by atoms with Crippen LogP contribution in [0.4, 0.5) is 0 Å². The second-order valence-corrected chi connectivity index (χ2v) is 6.35. The first-order chi connectivity index (χ1) is 13.1. The molecule has 1 heterocycles. The van der Waals surface area contributed by atoms with Gasteiger partial charge in [-0.1, -0.05) is 50.4 Å². The summed E-state index contributed by atoms with van der Waals surface area (Å²) in [5.74, 6) is 1.68. The van der Waals surface area contributed by atoms with E-state index in [-0.39, 0.29) is 5.69 Å². The van der Waals surface area contributed by atoms with E-state index in [0.717, 1.165) is 36.4 Å². The Morgan fingerprint density at radius 2 is 1.93 bits per heavy atom. The molecule has 0 fully saturated rings. The van der Waals surface area contributed by atoms with Gasteiger partial charge in [0, 0.05) is 13.0 Å². The first-order valence-electron chi connectivity index (χ1n) is 9.36. The molecule has 0 N–H and O–H groups in total. The maximum atomic E-state index is 12.7. The van der Waals surface area contributed by atoms with Crippen molar-refractivity contribution in [3.05, 3.63) is 83.1 Å². The van der Waals surface area contributed by atoms with Gasteiger partial charge in [0.2, 0.25) is 0 Å². The Morgan fingerprint density at radius 1 is 1.19 bits per heavy atom. The van der Waals surface area contributed by atoms with Gasteiger partial charge in [-0.05, 0) is 42.5 Å². The molecule has 144 valence electrons. The average molecular weight is 367 g/mol. The molecule has 1 aromatic heterocycles. The molecule has 0 bridgehead atoms. The molecule has 0 aliphatic carbocycles. The number of rotatable bonds is 11. The van der Waals surface area contributed by atoms with Crippen LogP contribution in [-0.2, 0) is 25.9 Å². The maximum Gasteiger partial charge on any atom is 0.345 e. The summed E-state index contributed by atoms with van der Waals surface area (Å²) in [6.07, 6.45) is 8.59. The smallest absolute Gasteiger partial charge is 0.345 e. The van der Waals surface area contributed by atoms with Crippen LogP contribution in [0.15, 0.2) is 66.0 Å². The SMILES string of the molecule is C=C/C=C(\C=C)CCn1nc(CCc2ccc(OC)cc2)n(CCC)c1=O. The van der Waals surface area contributed by atoms with Crippen LogP contribution in [0.5, 0.6) is 5.75 Å². The Morgan fingerprint density at radius 3 is 2.52 bits per heavy atom. The lowest BCUT2D eigenvalue weighted by atomic mass is 10.1. The van der Waals surface area contributed by atoms with Gasteiger partial charge in [0.15, 0.2) is 0 Å². The minimum atomic E-state index is -0.0383. The number of methoxy groups -OCH3 is 1. The predicted octanol–water partition coefficient (Wildman–Crippen LogP) is 3.94. The fraction of sp³-hybridized carbons (Fsp3) is 0.364. The van der Waals surface area contributed by atoms with E-state index in [9.17, 15) is 4.79 Å². The largest absolute Gasteiger partial charge is 0.497 e. The molecule has 0 saturated heterocycles. The van der Waals surface area contributed by atoms with E-state index in [1.54, 1.807) is 28.5 Å². The van der Waals surface area contributed by atoms with Crippen LogP contribution >= 0.6 is 0 Å². The second-order valence-electron chi connectivity index (χ2n) is 6.35. The van der Waals surface area contributed by atoms with Crippen molar-refractivity contribution in [3.8, 4) is 5.75 Å². The Balaban J connectivity index is 2.14. The van der Waals surface area contributed by atoms with Crippen LogP contribution in [-0.4, -0.2) is 21.5 Å². The number of hydrogen-bond acceptors (Lipinski definition) is 3. The van der Waals surface area contributed by atoms with E-state index in [4.69, 9.17) is 4.74 Å². The van der Waals surface area contributed by atoms with Gasteiger partial charge in [0.1, 0.15) is 11.6 Å². The van der Waals surface area contributed by atoms with Crippen molar-refractivity contribution in [3.63, 3.8) is 0 Å². The minimum absolute atomic E-state index is 0.0383. The van der Waals surface area contributed by atoms with Gasteiger partial charge in [-0.2, -0.15) is 5.10 Å². The van der Waals surface area contributed by atoms with E-state index >= 15 is 0 Å². The summed E-state index contributed by atoms with van der Waals surface area (Å²) in [6, 6.07) is 8.01. The van der Waals surface area contributed by atoms with E-state index in [1.807, 2.05) is 18.2 Å². The van der Waals surface area contributed by atoms with Crippen molar-refractivity contribution in [2.75, 3.05) is 7.11 Å². The van der Waals surface area contributed by atoms with Gasteiger partial charge in [0.05, 0.1) is 13.7 Å². The highest BCUT2D eigenvalue weighted by Gasteiger charge is 2.13. The summed E-state index contributed by atoms with van der Waals surface area (Å²) in [6.45, 7) is 10.8. The van der Waals surface area contributed by atoms with Crippen molar-refractivity contribution < 1.29 is 4.74 Å². The molecule has 0 amide bonds. The quantitative estimate of drug-likeness (QED) is 0.565. The predicted molar refractivity (Wildman–Crippen MR) is 110 cm³/mol. The molecule has 0 atom stereocenters. The first kappa shape index (κ1) is 20.5. The van der Waals surface area contributed by atoms with Gasteiger partial charge in [-0.3, -0.25) is 4.57 Å². The summed E-state index contributed by atoms with van der Waals surface area (Å²) in [7, 11) is 1.66. The van der Waals surface area contributed by atoms with Crippen molar-refractivity contribution >= 4 is 0 Å². The Hall–Kier alpha value is -2.82. The van der Waals surface area contributed by atoms with Crippen LogP contribution in [0.25, 0.3) is 0 Å². The first-order valence-corrected chi connectivity index (χ1v) is 9.36. The molecule has 0 spiro atoms. The standard InChI is InChI=1S/C22H29N3O2/c1-5-8-18(7-3)15-17-25-22(26)24(16-6-2)21(23-25)14-11-19-9-12-20(27-4)13-10-19/h5,7-10,12-13H,1,3,6,11,14-17H2,2,4H3/b18-8+. The summed E-state index contributed by atoms with van der Waals surface area (Å²) < 4.78 is 8.56. The summed E-state index contributed by atoms with van der Waals surface area (Å²) in [5.41, 5.74) is 2.20. The topological polar surface area (TPSA) is 49.0 Å². The van der Waals surface area contributed by atoms with Crippen molar-refractivity contribution in [1.82, 2.24) is 14.3 Å². The third-order valence-corrected chi connectivity index (χ3v) is 4.45. The Kier molecular flexibility index (Phi) is 7.86. The number of benzene rings is 1. The van der Waals surface area contributed by atoms with Crippen LogP contribution in [0.1, 0.15) is 31.2 Å². The number of aryl methyl sites for hydroxylation is 3. The number of ether oxygens (including phenoxy) is 1. The maximum absolute atomic E-state index is 12.7. The fourth-order valence-corrected chi connectivity index (χ4v) is 2.95. The lowest BCUT2D eigenvalue weighted by Crippen LogP contribution is -2.25. The summed E-state index contributed by atoms with van der Waals surface area (Å²) in [4.78, 5) is 12.7. The number of allylic oxidation sites excluding steroid dienone is 4. The van der Waals surface area contributed by atoms with Crippen molar-refractivity contribution in [2.45, 2.75) is 45.7 Å². The molecule has 0 unspecified atom stereocenters. The zero-order valence-electron chi connectivity index (χ0n) is 16.4. The number of hydrogen-bond donors (Lipinski definition) is 0. The molecule has 0 saturated carbocycles. The molecule has 0 aliphatic rings. The van der Waals surface area contributed by atoms with Crippen LogP contribution in [0.3, 0.4) is 0 Å². The molecule has 2 aromatic rings. The number of nitrogens with zero attached hydrogens (tertiary/aromatic N) is 3. The van der Waals surface area contributed by atoms with Crippen molar-refractivity contribution in [2.24, 2.45) is 0 Å². The van der Waals surface area contributed by atoms with E-state index in [2.05, 4.69) is 37.3 Å². The fourth-order valence-electron chi connectivity index (χ4n) is 2.95. The lowest BCUT2D eigenvalue weighted by molar-refractivity contribution is 0.414. The highest BCUT2D eigenvalue weighted by atomic mass is 16.5. The highest BCUT2D eigenvalue weighted by Crippen LogP contribution is 2.13. The molecular formula is C22H29N3O2. The average Bonchev–Trinajstić information content (AvgIpc) is 2.99. The Labute approximate surface area is 161 Å². The summed E-state index contributed by atoms with van der Waals surface area (Å²) in [5, 5.41) is 4.60. The molecule has 1 aromatic carbocycles. The highest BCUT2D eigenvalue weighted by molar-refractivity contribution is 5.27. The Bertz CT molecular complexity index is 841. The van der Waals surface area contributed by atoms with E-state index in [0.29, 0.717) is 19.5 Å². The molecule has 5 heteroatoms. The van der Waals surface area contributed by atoms with Crippen molar-refractivity contribution in [1.29, 1.82) is 0 Å². The molecule has 0 aliphatic heterocycles. The third kappa shape index (κ3) is 5.58. The summed E-state index contributed by atoms with van der Waals surface area (Å²) >= 11 is 0. The van der Waals surface area contributed by atoms with E-state index < -0.39 is 0 Å². The van der Waals surface area contributed by atoms with Gasteiger partial charge >= 0.3 is 5.69 Å².